The third-order valence-electron chi connectivity index (χ3n) is 3.18. The Morgan fingerprint density at radius 2 is 2.00 bits per heavy atom. The quantitative estimate of drug-likeness (QED) is 0.669. The van der Waals surface area contributed by atoms with Crippen molar-refractivity contribution in [3.8, 4) is 0 Å². The molecular formula is C12H12O. The summed E-state index contributed by atoms with van der Waals surface area (Å²) in [5.74, 6) is 1.17. The van der Waals surface area contributed by atoms with Crippen LogP contribution in [0.25, 0.3) is 0 Å². The van der Waals surface area contributed by atoms with Gasteiger partial charge < -0.3 is 0 Å². The summed E-state index contributed by atoms with van der Waals surface area (Å²) in [7, 11) is 0. The van der Waals surface area contributed by atoms with Crippen molar-refractivity contribution in [3.63, 3.8) is 0 Å². The van der Waals surface area contributed by atoms with Crippen LogP contribution < -0.4 is 0 Å². The van der Waals surface area contributed by atoms with Gasteiger partial charge in [-0.1, -0.05) is 24.3 Å². The molecule has 1 fully saturated rings. The fourth-order valence-corrected chi connectivity index (χ4v) is 2.17. The fraction of sp³-hybridized carbons (Fsp3) is 0.417. The molecule has 1 nitrogen and oxygen atoms in total. The molecule has 1 atom stereocenters. The van der Waals surface area contributed by atoms with E-state index in [0.717, 1.165) is 19.3 Å². The van der Waals surface area contributed by atoms with Crippen molar-refractivity contribution in [3.05, 3.63) is 35.4 Å². The van der Waals surface area contributed by atoms with Crippen LogP contribution in [-0.4, -0.2) is 5.78 Å². The number of carbonyl (C=O) groups excluding carboxylic acids is 1. The molecule has 0 radical (unpaired) electrons. The van der Waals surface area contributed by atoms with Crippen molar-refractivity contribution in [2.75, 3.05) is 0 Å². The zero-order valence-corrected chi connectivity index (χ0v) is 7.49. The first kappa shape index (κ1) is 7.31. The summed E-state index contributed by atoms with van der Waals surface area (Å²) in [6, 6.07) is 8.32. The maximum absolute atomic E-state index is 11.8. The normalized spacial score (nSPS) is 24.8. The Bertz CT molecular complexity index is 363. The van der Waals surface area contributed by atoms with Crippen molar-refractivity contribution in [2.45, 2.75) is 25.2 Å². The van der Waals surface area contributed by atoms with Crippen molar-refractivity contribution < 1.29 is 4.79 Å². The van der Waals surface area contributed by atoms with E-state index in [9.17, 15) is 4.79 Å². The molecule has 2 aliphatic rings. The van der Waals surface area contributed by atoms with Crippen LogP contribution in [-0.2, 0) is 11.2 Å². The second kappa shape index (κ2) is 2.44. The molecule has 1 heteroatoms. The summed E-state index contributed by atoms with van der Waals surface area (Å²) in [6.45, 7) is 0. The minimum atomic E-state index is 0.253. The Labute approximate surface area is 77.8 Å². The zero-order valence-electron chi connectivity index (χ0n) is 7.49. The molecule has 0 aromatic heterocycles. The number of rotatable bonds is 2. The van der Waals surface area contributed by atoms with Gasteiger partial charge in [0.25, 0.3) is 0 Å². The first-order valence-corrected chi connectivity index (χ1v) is 4.98. The van der Waals surface area contributed by atoms with Gasteiger partial charge in [0.1, 0.15) is 5.78 Å². The molecule has 0 amide bonds. The Morgan fingerprint density at radius 1 is 1.23 bits per heavy atom. The zero-order chi connectivity index (χ0) is 8.84. The van der Waals surface area contributed by atoms with Crippen molar-refractivity contribution >= 4 is 5.78 Å². The third-order valence-corrected chi connectivity index (χ3v) is 3.18. The van der Waals surface area contributed by atoms with Gasteiger partial charge in [0, 0.05) is 11.8 Å². The monoisotopic (exact) mass is 172 g/mol. The summed E-state index contributed by atoms with van der Waals surface area (Å²) in [5, 5.41) is 0. The Kier molecular flexibility index (Phi) is 1.37. The molecule has 0 spiro atoms. The van der Waals surface area contributed by atoms with Crippen molar-refractivity contribution in [2.24, 2.45) is 5.92 Å². The lowest BCUT2D eigenvalue weighted by molar-refractivity contribution is -0.122. The van der Waals surface area contributed by atoms with Gasteiger partial charge in [-0.05, 0) is 30.4 Å². The lowest BCUT2D eigenvalue weighted by atomic mass is 9.74. The number of benzene rings is 1. The fourth-order valence-electron chi connectivity index (χ4n) is 2.17. The topological polar surface area (TPSA) is 17.1 Å². The summed E-state index contributed by atoms with van der Waals surface area (Å²) in [4.78, 5) is 11.8. The molecule has 1 saturated carbocycles. The summed E-state index contributed by atoms with van der Waals surface area (Å²) < 4.78 is 0. The van der Waals surface area contributed by atoms with Crippen LogP contribution >= 0.6 is 0 Å². The van der Waals surface area contributed by atoms with E-state index in [0.29, 0.717) is 11.7 Å². The molecule has 1 unspecified atom stereocenters. The van der Waals surface area contributed by atoms with Gasteiger partial charge in [0.2, 0.25) is 0 Å². The molecule has 0 bridgehead atoms. The SMILES string of the molecule is O=C(C1CC1)C1Cc2ccccc21. The van der Waals surface area contributed by atoms with Crippen LogP contribution in [0.15, 0.2) is 24.3 Å². The molecule has 66 valence electrons. The average molecular weight is 172 g/mol. The number of fused-ring (bicyclic) bond motifs is 1. The van der Waals surface area contributed by atoms with E-state index in [2.05, 4.69) is 18.2 Å². The van der Waals surface area contributed by atoms with Crippen molar-refractivity contribution in [1.82, 2.24) is 0 Å². The number of hydrogen-bond donors (Lipinski definition) is 0. The highest BCUT2D eigenvalue weighted by Crippen LogP contribution is 2.42. The van der Waals surface area contributed by atoms with Gasteiger partial charge in [-0.25, -0.2) is 0 Å². The second-order valence-electron chi connectivity index (χ2n) is 4.13. The predicted molar refractivity (Wildman–Crippen MR) is 50.6 cm³/mol. The van der Waals surface area contributed by atoms with Crippen LogP contribution in [0.2, 0.25) is 0 Å². The Hall–Kier alpha value is -1.11. The molecule has 0 N–H and O–H groups in total. The molecule has 0 saturated heterocycles. The minimum absolute atomic E-state index is 0.253. The van der Waals surface area contributed by atoms with Gasteiger partial charge in [-0.3, -0.25) is 4.79 Å². The van der Waals surface area contributed by atoms with Crippen LogP contribution in [0.1, 0.15) is 29.9 Å². The highest BCUT2D eigenvalue weighted by atomic mass is 16.1. The van der Waals surface area contributed by atoms with E-state index in [4.69, 9.17) is 0 Å². The van der Waals surface area contributed by atoms with E-state index in [1.54, 1.807) is 0 Å². The second-order valence-corrected chi connectivity index (χ2v) is 4.13. The summed E-state index contributed by atoms with van der Waals surface area (Å²) >= 11 is 0. The van der Waals surface area contributed by atoms with Crippen LogP contribution in [0.4, 0.5) is 0 Å². The number of Topliss-reactive ketones (excluding diaryl/α,β-unsaturated/α-hetero) is 1. The lowest BCUT2D eigenvalue weighted by Crippen LogP contribution is -2.26. The highest BCUT2D eigenvalue weighted by molar-refractivity contribution is 5.92. The Morgan fingerprint density at radius 3 is 2.69 bits per heavy atom. The summed E-state index contributed by atoms with van der Waals surface area (Å²) in [5.41, 5.74) is 2.67. The molecular weight excluding hydrogens is 160 g/mol. The van der Waals surface area contributed by atoms with E-state index >= 15 is 0 Å². The van der Waals surface area contributed by atoms with E-state index < -0.39 is 0 Å². The minimum Gasteiger partial charge on any atom is -0.299 e. The van der Waals surface area contributed by atoms with E-state index in [1.165, 1.54) is 11.1 Å². The standard InChI is InChI=1S/C12H12O/c13-12(8-5-6-8)11-7-9-3-1-2-4-10(9)11/h1-4,8,11H,5-7H2. The molecule has 1 aromatic carbocycles. The first-order valence-electron chi connectivity index (χ1n) is 4.98. The molecule has 1 aromatic rings. The maximum Gasteiger partial charge on any atom is 0.143 e. The maximum atomic E-state index is 11.8. The van der Waals surface area contributed by atoms with E-state index in [-0.39, 0.29) is 5.92 Å². The molecule has 13 heavy (non-hydrogen) atoms. The average Bonchev–Trinajstić information content (AvgIpc) is 2.89. The van der Waals surface area contributed by atoms with Gasteiger partial charge in [-0.15, -0.1) is 0 Å². The van der Waals surface area contributed by atoms with Gasteiger partial charge in [0.05, 0.1) is 0 Å². The van der Waals surface area contributed by atoms with Crippen LogP contribution in [0.5, 0.6) is 0 Å². The molecule has 0 heterocycles. The third kappa shape index (κ3) is 1.03. The molecule has 3 rings (SSSR count). The largest absolute Gasteiger partial charge is 0.299 e. The Balaban J connectivity index is 1.87. The molecule has 0 aliphatic heterocycles. The van der Waals surface area contributed by atoms with E-state index in [1.807, 2.05) is 6.07 Å². The highest BCUT2D eigenvalue weighted by Gasteiger charge is 2.39. The van der Waals surface area contributed by atoms with Crippen LogP contribution in [0.3, 0.4) is 0 Å². The summed E-state index contributed by atoms with van der Waals surface area (Å²) in [6.07, 6.45) is 3.26. The predicted octanol–water partition coefficient (Wildman–Crippen LogP) is 2.31. The van der Waals surface area contributed by atoms with Crippen LogP contribution in [0, 0.1) is 5.92 Å². The van der Waals surface area contributed by atoms with Gasteiger partial charge in [-0.2, -0.15) is 0 Å². The number of ketones is 1. The molecule has 2 aliphatic carbocycles. The number of carbonyl (C=O) groups is 1. The van der Waals surface area contributed by atoms with Crippen molar-refractivity contribution in [1.29, 1.82) is 0 Å². The lowest BCUT2D eigenvalue weighted by Gasteiger charge is -2.28. The van der Waals surface area contributed by atoms with Gasteiger partial charge >= 0.3 is 0 Å². The van der Waals surface area contributed by atoms with Gasteiger partial charge in [0.15, 0.2) is 0 Å². The smallest absolute Gasteiger partial charge is 0.143 e. The number of hydrogen-bond acceptors (Lipinski definition) is 1. The first-order chi connectivity index (χ1) is 6.36.